The fourth-order valence-corrected chi connectivity index (χ4v) is 1.82. The molecule has 20 heavy (non-hydrogen) atoms. The first-order valence-electron chi connectivity index (χ1n) is 6.69. The highest BCUT2D eigenvalue weighted by molar-refractivity contribution is 14.0. The molecule has 1 aromatic rings. The second-order valence-corrected chi connectivity index (χ2v) is 4.97. The van der Waals surface area contributed by atoms with E-state index < -0.39 is 0 Å². The number of aryl methyl sites for hydroxylation is 2. The molecule has 5 heteroatoms. The third kappa shape index (κ3) is 7.57. The number of ether oxygens (including phenoxy) is 1. The number of benzene rings is 1. The Morgan fingerprint density at radius 1 is 1.20 bits per heavy atom. The molecule has 1 rings (SSSR count). The largest absolute Gasteiger partial charge is 0.492 e. The number of nitrogens with zero attached hydrogens (tertiary/aromatic N) is 1. The fourth-order valence-electron chi connectivity index (χ4n) is 1.82. The Hall–Kier alpha value is -0.980. The van der Waals surface area contributed by atoms with Gasteiger partial charge in [0.1, 0.15) is 12.4 Å². The lowest BCUT2D eigenvalue weighted by atomic mass is 10.1. The second kappa shape index (κ2) is 9.85. The average Bonchev–Trinajstić information content (AvgIpc) is 2.31. The van der Waals surface area contributed by atoms with Crippen LogP contribution in [0.1, 0.15) is 25.0 Å². The van der Waals surface area contributed by atoms with E-state index in [2.05, 4.69) is 49.4 Å². The van der Waals surface area contributed by atoms with Crippen LogP contribution < -0.4 is 15.4 Å². The van der Waals surface area contributed by atoms with E-state index in [1.807, 2.05) is 12.1 Å². The molecule has 0 aliphatic rings. The van der Waals surface area contributed by atoms with E-state index in [1.54, 1.807) is 7.05 Å². The van der Waals surface area contributed by atoms with Crippen LogP contribution in [0.5, 0.6) is 5.75 Å². The van der Waals surface area contributed by atoms with Crippen LogP contribution in [0, 0.1) is 13.8 Å². The number of hydrogen-bond acceptors (Lipinski definition) is 2. The Morgan fingerprint density at radius 2 is 1.80 bits per heavy atom. The van der Waals surface area contributed by atoms with Gasteiger partial charge in [-0.1, -0.05) is 6.07 Å². The molecule has 0 radical (unpaired) electrons. The van der Waals surface area contributed by atoms with Gasteiger partial charge in [0, 0.05) is 13.1 Å². The molecule has 0 fully saturated rings. The Labute approximate surface area is 139 Å². The molecule has 4 nitrogen and oxygen atoms in total. The van der Waals surface area contributed by atoms with Crippen molar-refractivity contribution in [3.05, 3.63) is 29.3 Å². The molecule has 0 unspecified atom stereocenters. The van der Waals surface area contributed by atoms with Crippen LogP contribution in [-0.2, 0) is 0 Å². The molecule has 0 saturated carbocycles. The first-order valence-corrected chi connectivity index (χ1v) is 6.69. The average molecular weight is 391 g/mol. The first kappa shape index (κ1) is 19.0. The Kier molecular flexibility index (Phi) is 9.37. The molecular formula is C15H26IN3O. The van der Waals surface area contributed by atoms with Crippen molar-refractivity contribution in [2.45, 2.75) is 33.7 Å². The Balaban J connectivity index is 0.00000361. The summed E-state index contributed by atoms with van der Waals surface area (Å²) in [4.78, 5) is 4.14. The molecule has 0 spiro atoms. The van der Waals surface area contributed by atoms with Gasteiger partial charge in [0.25, 0.3) is 0 Å². The molecule has 0 bridgehead atoms. The lowest BCUT2D eigenvalue weighted by molar-refractivity contribution is 0.321. The molecule has 114 valence electrons. The van der Waals surface area contributed by atoms with Crippen molar-refractivity contribution in [1.29, 1.82) is 0 Å². The summed E-state index contributed by atoms with van der Waals surface area (Å²) in [5, 5.41) is 6.44. The van der Waals surface area contributed by atoms with Crippen molar-refractivity contribution >= 4 is 29.9 Å². The predicted octanol–water partition coefficient (Wildman–Crippen LogP) is 2.87. The normalized spacial score (nSPS) is 11.0. The SMILES string of the molecule is CN=C(NCCOc1cc(C)cc(C)c1)NC(C)C.I. The molecule has 0 aromatic heterocycles. The van der Waals surface area contributed by atoms with E-state index in [1.165, 1.54) is 11.1 Å². The van der Waals surface area contributed by atoms with Gasteiger partial charge in [-0.15, -0.1) is 24.0 Å². The van der Waals surface area contributed by atoms with E-state index in [4.69, 9.17) is 4.74 Å². The van der Waals surface area contributed by atoms with Crippen molar-refractivity contribution in [3.63, 3.8) is 0 Å². The monoisotopic (exact) mass is 391 g/mol. The summed E-state index contributed by atoms with van der Waals surface area (Å²) in [6, 6.07) is 6.61. The molecule has 0 heterocycles. The van der Waals surface area contributed by atoms with Crippen LogP contribution in [-0.4, -0.2) is 32.2 Å². The lowest BCUT2D eigenvalue weighted by Crippen LogP contribution is -2.42. The third-order valence-corrected chi connectivity index (χ3v) is 2.51. The summed E-state index contributed by atoms with van der Waals surface area (Å²) in [5.74, 6) is 1.73. The third-order valence-electron chi connectivity index (χ3n) is 2.51. The molecule has 0 saturated heterocycles. The van der Waals surface area contributed by atoms with Gasteiger partial charge in [-0.05, 0) is 51.0 Å². The van der Waals surface area contributed by atoms with E-state index in [0.29, 0.717) is 12.6 Å². The van der Waals surface area contributed by atoms with Crippen molar-refractivity contribution < 1.29 is 4.74 Å². The number of aliphatic imine (C=N–C) groups is 1. The molecule has 0 aliphatic heterocycles. The zero-order valence-electron chi connectivity index (χ0n) is 13.0. The quantitative estimate of drug-likeness (QED) is 0.351. The maximum Gasteiger partial charge on any atom is 0.191 e. The summed E-state index contributed by atoms with van der Waals surface area (Å²) in [5.41, 5.74) is 2.44. The van der Waals surface area contributed by atoms with Crippen molar-refractivity contribution in [2.75, 3.05) is 20.2 Å². The van der Waals surface area contributed by atoms with Gasteiger partial charge in [0.15, 0.2) is 5.96 Å². The van der Waals surface area contributed by atoms with Gasteiger partial charge in [-0.2, -0.15) is 0 Å². The number of hydrogen-bond donors (Lipinski definition) is 2. The van der Waals surface area contributed by atoms with Crippen molar-refractivity contribution in [2.24, 2.45) is 4.99 Å². The zero-order chi connectivity index (χ0) is 14.3. The van der Waals surface area contributed by atoms with Crippen LogP contribution in [0.25, 0.3) is 0 Å². The molecule has 0 atom stereocenters. The lowest BCUT2D eigenvalue weighted by Gasteiger charge is -2.15. The predicted molar refractivity (Wildman–Crippen MR) is 96.5 cm³/mol. The highest BCUT2D eigenvalue weighted by Crippen LogP contribution is 2.15. The number of nitrogens with one attached hydrogen (secondary N) is 2. The molecule has 0 amide bonds. The standard InChI is InChI=1S/C15H25N3O.HI/c1-11(2)18-15(16-5)17-6-7-19-14-9-12(3)8-13(4)10-14;/h8-11H,6-7H2,1-5H3,(H2,16,17,18);1H. The Morgan fingerprint density at radius 3 is 2.30 bits per heavy atom. The smallest absolute Gasteiger partial charge is 0.191 e. The Bertz CT molecular complexity index is 413. The van der Waals surface area contributed by atoms with Crippen molar-refractivity contribution in [1.82, 2.24) is 10.6 Å². The summed E-state index contributed by atoms with van der Waals surface area (Å²) in [6.07, 6.45) is 0. The number of halogens is 1. The molecule has 2 N–H and O–H groups in total. The molecule has 0 aliphatic carbocycles. The van der Waals surface area contributed by atoms with E-state index >= 15 is 0 Å². The van der Waals surface area contributed by atoms with Gasteiger partial charge in [-0.3, -0.25) is 4.99 Å². The van der Waals surface area contributed by atoms with Crippen molar-refractivity contribution in [3.8, 4) is 5.75 Å². The second-order valence-electron chi connectivity index (χ2n) is 4.97. The van der Waals surface area contributed by atoms with E-state index in [-0.39, 0.29) is 24.0 Å². The first-order chi connectivity index (χ1) is 9.01. The van der Waals surface area contributed by atoms with Crippen LogP contribution in [0.3, 0.4) is 0 Å². The fraction of sp³-hybridized carbons (Fsp3) is 0.533. The highest BCUT2D eigenvalue weighted by atomic mass is 127. The highest BCUT2D eigenvalue weighted by Gasteiger charge is 2.00. The topological polar surface area (TPSA) is 45.7 Å². The minimum absolute atomic E-state index is 0. The summed E-state index contributed by atoms with van der Waals surface area (Å²) < 4.78 is 5.72. The molecular weight excluding hydrogens is 365 g/mol. The number of rotatable bonds is 5. The van der Waals surface area contributed by atoms with Gasteiger partial charge in [-0.25, -0.2) is 0 Å². The summed E-state index contributed by atoms with van der Waals surface area (Å²) >= 11 is 0. The zero-order valence-corrected chi connectivity index (χ0v) is 15.3. The van der Waals surface area contributed by atoms with Crippen LogP contribution in [0.4, 0.5) is 0 Å². The van der Waals surface area contributed by atoms with E-state index in [0.717, 1.165) is 18.3 Å². The maximum atomic E-state index is 5.72. The van der Waals surface area contributed by atoms with Crippen LogP contribution in [0.15, 0.2) is 23.2 Å². The number of guanidine groups is 1. The van der Waals surface area contributed by atoms with Gasteiger partial charge in [0.2, 0.25) is 0 Å². The van der Waals surface area contributed by atoms with Crippen LogP contribution in [0.2, 0.25) is 0 Å². The van der Waals surface area contributed by atoms with Gasteiger partial charge >= 0.3 is 0 Å². The van der Waals surface area contributed by atoms with Gasteiger partial charge < -0.3 is 15.4 Å². The summed E-state index contributed by atoms with van der Waals surface area (Å²) in [6.45, 7) is 9.65. The maximum absolute atomic E-state index is 5.72. The minimum atomic E-state index is 0. The minimum Gasteiger partial charge on any atom is -0.492 e. The summed E-state index contributed by atoms with van der Waals surface area (Å²) in [7, 11) is 1.77. The molecule has 1 aromatic carbocycles. The van der Waals surface area contributed by atoms with E-state index in [9.17, 15) is 0 Å². The van der Waals surface area contributed by atoms with Crippen LogP contribution >= 0.6 is 24.0 Å². The van der Waals surface area contributed by atoms with Gasteiger partial charge in [0.05, 0.1) is 6.54 Å².